The van der Waals surface area contributed by atoms with Crippen LogP contribution in [0.5, 0.6) is 11.5 Å². The van der Waals surface area contributed by atoms with Gasteiger partial charge in [-0.1, -0.05) is 19.1 Å². The van der Waals surface area contributed by atoms with Crippen molar-refractivity contribution in [3.63, 3.8) is 0 Å². The molecule has 4 heteroatoms. The van der Waals surface area contributed by atoms with Crippen LogP contribution in [0.15, 0.2) is 30.9 Å². The molecule has 1 aromatic rings. The second kappa shape index (κ2) is 6.58. The van der Waals surface area contributed by atoms with Gasteiger partial charge in [-0.05, 0) is 24.1 Å². The van der Waals surface area contributed by atoms with Crippen LogP contribution < -0.4 is 9.47 Å². The van der Waals surface area contributed by atoms with Crippen molar-refractivity contribution in [3.05, 3.63) is 36.4 Å². The Bertz CT molecular complexity index is 398. The number of aliphatic carboxylic acids is 1. The minimum Gasteiger partial charge on any atom is -0.481 e. The number of carboxylic acids is 1. The number of ether oxygens (including phenoxy) is 2. The maximum Gasteiger partial charge on any atom is 0.303 e. The van der Waals surface area contributed by atoms with Crippen molar-refractivity contribution < 1.29 is 19.4 Å². The van der Waals surface area contributed by atoms with Gasteiger partial charge in [-0.3, -0.25) is 4.79 Å². The molecule has 0 bridgehead atoms. The minimum atomic E-state index is -0.745. The maximum absolute atomic E-state index is 9.37. The van der Waals surface area contributed by atoms with E-state index in [4.69, 9.17) is 14.6 Å². The SMILES string of the molecule is C=CCc1ccc2c(c1)OCO2.CCC(=O)O. The number of carboxylic acid groups (broad SMARTS) is 1. The van der Waals surface area contributed by atoms with E-state index in [1.54, 1.807) is 6.92 Å². The number of hydrogen-bond acceptors (Lipinski definition) is 3. The number of carbonyl (C=O) groups is 1. The summed E-state index contributed by atoms with van der Waals surface area (Å²) >= 11 is 0. The smallest absolute Gasteiger partial charge is 0.303 e. The van der Waals surface area contributed by atoms with E-state index < -0.39 is 5.97 Å². The predicted molar refractivity (Wildman–Crippen MR) is 64.4 cm³/mol. The molecule has 1 aromatic carbocycles. The van der Waals surface area contributed by atoms with Gasteiger partial charge in [0.05, 0.1) is 0 Å². The first kappa shape index (κ1) is 13.1. The molecule has 0 spiro atoms. The van der Waals surface area contributed by atoms with Crippen LogP contribution in [-0.2, 0) is 11.2 Å². The Kier molecular flexibility index (Phi) is 5.07. The zero-order valence-corrected chi connectivity index (χ0v) is 9.81. The van der Waals surface area contributed by atoms with Crippen molar-refractivity contribution in [3.8, 4) is 11.5 Å². The summed E-state index contributed by atoms with van der Waals surface area (Å²) in [5, 5.41) is 7.72. The Balaban J connectivity index is 0.000000249. The Morgan fingerprint density at radius 1 is 1.47 bits per heavy atom. The molecule has 0 aliphatic carbocycles. The van der Waals surface area contributed by atoms with Gasteiger partial charge in [0.1, 0.15) is 0 Å². The van der Waals surface area contributed by atoms with E-state index in [1.807, 2.05) is 24.3 Å². The van der Waals surface area contributed by atoms with Gasteiger partial charge in [-0.25, -0.2) is 0 Å². The topological polar surface area (TPSA) is 55.8 Å². The fourth-order valence-corrected chi connectivity index (χ4v) is 1.23. The molecule has 0 fully saturated rings. The molecule has 0 saturated carbocycles. The first-order chi connectivity index (χ1) is 8.17. The van der Waals surface area contributed by atoms with Gasteiger partial charge in [0.25, 0.3) is 0 Å². The van der Waals surface area contributed by atoms with Crippen LogP contribution in [0, 0.1) is 0 Å². The molecule has 0 aromatic heterocycles. The summed E-state index contributed by atoms with van der Waals surface area (Å²) in [6.07, 6.45) is 2.97. The van der Waals surface area contributed by atoms with Crippen LogP contribution in [-0.4, -0.2) is 17.9 Å². The molecule has 1 aliphatic heterocycles. The second-order valence-corrected chi connectivity index (χ2v) is 3.43. The second-order valence-electron chi connectivity index (χ2n) is 3.43. The predicted octanol–water partition coefficient (Wildman–Crippen LogP) is 2.62. The first-order valence-corrected chi connectivity index (χ1v) is 5.38. The third-order valence-corrected chi connectivity index (χ3v) is 2.12. The number of rotatable bonds is 3. The van der Waals surface area contributed by atoms with Gasteiger partial charge < -0.3 is 14.6 Å². The molecule has 0 saturated heterocycles. The zero-order chi connectivity index (χ0) is 12.7. The molecule has 4 nitrogen and oxygen atoms in total. The van der Waals surface area contributed by atoms with Crippen LogP contribution in [0.4, 0.5) is 0 Å². The van der Waals surface area contributed by atoms with Gasteiger partial charge in [0.15, 0.2) is 11.5 Å². The molecule has 0 amide bonds. The van der Waals surface area contributed by atoms with Crippen molar-refractivity contribution in [2.75, 3.05) is 6.79 Å². The van der Waals surface area contributed by atoms with Crippen molar-refractivity contribution in [1.82, 2.24) is 0 Å². The van der Waals surface area contributed by atoms with E-state index in [0.717, 1.165) is 17.9 Å². The summed E-state index contributed by atoms with van der Waals surface area (Å²) in [6.45, 7) is 5.62. The lowest BCUT2D eigenvalue weighted by Gasteiger charge is -1.98. The van der Waals surface area contributed by atoms with Crippen molar-refractivity contribution in [2.24, 2.45) is 0 Å². The molecule has 0 atom stereocenters. The lowest BCUT2D eigenvalue weighted by atomic mass is 10.1. The van der Waals surface area contributed by atoms with Crippen LogP contribution >= 0.6 is 0 Å². The molecule has 1 N–H and O–H groups in total. The number of fused-ring (bicyclic) bond motifs is 1. The highest BCUT2D eigenvalue weighted by atomic mass is 16.7. The molecular weight excluding hydrogens is 220 g/mol. The highest BCUT2D eigenvalue weighted by Gasteiger charge is 2.12. The fourth-order valence-electron chi connectivity index (χ4n) is 1.23. The van der Waals surface area contributed by atoms with Gasteiger partial charge >= 0.3 is 5.97 Å². The number of benzene rings is 1. The van der Waals surface area contributed by atoms with Gasteiger partial charge in [0.2, 0.25) is 6.79 Å². The van der Waals surface area contributed by atoms with E-state index in [1.165, 1.54) is 5.56 Å². The summed E-state index contributed by atoms with van der Waals surface area (Å²) < 4.78 is 10.4. The lowest BCUT2D eigenvalue weighted by Crippen LogP contribution is -1.92. The van der Waals surface area contributed by atoms with Crippen LogP contribution in [0.25, 0.3) is 0 Å². The molecular formula is C13H16O4. The number of hydrogen-bond donors (Lipinski definition) is 1. The van der Waals surface area contributed by atoms with Crippen molar-refractivity contribution in [1.29, 1.82) is 0 Å². The van der Waals surface area contributed by atoms with E-state index in [9.17, 15) is 4.79 Å². The van der Waals surface area contributed by atoms with E-state index in [-0.39, 0.29) is 6.42 Å². The molecule has 2 rings (SSSR count). The van der Waals surface area contributed by atoms with Gasteiger partial charge in [-0.15, -0.1) is 6.58 Å². The summed E-state index contributed by atoms with van der Waals surface area (Å²) in [7, 11) is 0. The summed E-state index contributed by atoms with van der Waals surface area (Å²) in [6, 6.07) is 5.94. The van der Waals surface area contributed by atoms with Gasteiger partial charge in [0, 0.05) is 6.42 Å². The standard InChI is InChI=1S/C10H10O2.C3H6O2/c1-2-3-8-4-5-9-10(6-8)12-7-11-9;1-2-3(4)5/h2,4-6H,1,3,7H2;2H2,1H3,(H,4,5). The Morgan fingerprint density at radius 3 is 2.71 bits per heavy atom. The van der Waals surface area contributed by atoms with Crippen molar-refractivity contribution >= 4 is 5.97 Å². The van der Waals surface area contributed by atoms with E-state index in [0.29, 0.717) is 6.79 Å². The number of allylic oxidation sites excluding steroid dienone is 1. The molecule has 17 heavy (non-hydrogen) atoms. The van der Waals surface area contributed by atoms with Crippen LogP contribution in [0.3, 0.4) is 0 Å². The average Bonchev–Trinajstić information content (AvgIpc) is 2.77. The summed E-state index contributed by atoms with van der Waals surface area (Å²) in [4.78, 5) is 9.37. The monoisotopic (exact) mass is 236 g/mol. The van der Waals surface area contributed by atoms with Crippen LogP contribution in [0.2, 0.25) is 0 Å². The quantitative estimate of drug-likeness (QED) is 0.820. The highest BCUT2D eigenvalue weighted by molar-refractivity contribution is 5.66. The summed E-state index contributed by atoms with van der Waals surface area (Å²) in [5.41, 5.74) is 1.20. The van der Waals surface area contributed by atoms with E-state index >= 15 is 0 Å². The molecule has 0 unspecified atom stereocenters. The Labute approximate surface area is 100 Å². The molecule has 1 aliphatic rings. The van der Waals surface area contributed by atoms with Gasteiger partial charge in [-0.2, -0.15) is 0 Å². The molecule has 0 radical (unpaired) electrons. The van der Waals surface area contributed by atoms with Crippen molar-refractivity contribution in [2.45, 2.75) is 19.8 Å². The summed E-state index contributed by atoms with van der Waals surface area (Å²) in [5.74, 6) is 0.933. The minimum absolute atomic E-state index is 0.222. The Hall–Kier alpha value is -1.97. The highest BCUT2D eigenvalue weighted by Crippen LogP contribution is 2.32. The normalized spacial score (nSPS) is 11.4. The largest absolute Gasteiger partial charge is 0.481 e. The fraction of sp³-hybridized carbons (Fsp3) is 0.308. The maximum atomic E-state index is 9.37. The van der Waals surface area contributed by atoms with E-state index in [2.05, 4.69) is 6.58 Å². The third-order valence-electron chi connectivity index (χ3n) is 2.12. The lowest BCUT2D eigenvalue weighted by molar-refractivity contribution is -0.136. The molecule has 92 valence electrons. The average molecular weight is 236 g/mol. The first-order valence-electron chi connectivity index (χ1n) is 5.38. The molecule has 1 heterocycles. The van der Waals surface area contributed by atoms with Crippen LogP contribution in [0.1, 0.15) is 18.9 Å². The Morgan fingerprint density at radius 2 is 2.12 bits per heavy atom. The third kappa shape index (κ3) is 4.18. The zero-order valence-electron chi connectivity index (χ0n) is 9.81.